The van der Waals surface area contributed by atoms with Gasteiger partial charge < -0.3 is 10.6 Å². The van der Waals surface area contributed by atoms with Gasteiger partial charge in [0.15, 0.2) is 0 Å². The summed E-state index contributed by atoms with van der Waals surface area (Å²) in [5, 5.41) is 24.7. The first kappa shape index (κ1) is 20.1. The maximum absolute atomic E-state index is 13.9. The number of amides is 1. The fraction of sp³-hybridized carbons (Fsp3) is 0.375. The van der Waals surface area contributed by atoms with Crippen LogP contribution in [0.5, 0.6) is 0 Å². The van der Waals surface area contributed by atoms with Crippen LogP contribution in [0.25, 0.3) is 11.1 Å². The molecule has 2 aromatic rings. The summed E-state index contributed by atoms with van der Waals surface area (Å²) in [6.07, 6.45) is 4.82. The van der Waals surface area contributed by atoms with E-state index in [9.17, 15) is 14.4 Å². The number of benzene rings is 2. The number of carbonyl (C=O) groups excluding carboxylic acids is 1. The maximum atomic E-state index is 13.9. The summed E-state index contributed by atoms with van der Waals surface area (Å²) in [4.78, 5) is 12.7. The first-order chi connectivity index (χ1) is 14.6. The molecule has 1 unspecified atom stereocenters. The number of hydrogen-bond acceptors (Lipinski definition) is 4. The minimum atomic E-state index is -0.599. The number of nitriles is 2. The summed E-state index contributed by atoms with van der Waals surface area (Å²) in [6, 6.07) is 15.6. The van der Waals surface area contributed by atoms with Gasteiger partial charge in [-0.25, -0.2) is 4.39 Å². The Bertz CT molecular complexity index is 1010. The van der Waals surface area contributed by atoms with Crippen LogP contribution in [0.1, 0.15) is 36.8 Å². The molecule has 6 heteroatoms. The fourth-order valence-electron chi connectivity index (χ4n) is 4.54. The van der Waals surface area contributed by atoms with Crippen molar-refractivity contribution in [2.75, 3.05) is 0 Å². The van der Waals surface area contributed by atoms with E-state index >= 15 is 0 Å². The third kappa shape index (κ3) is 4.20. The second kappa shape index (κ2) is 8.65. The summed E-state index contributed by atoms with van der Waals surface area (Å²) in [6.45, 7) is 0. The van der Waals surface area contributed by atoms with Crippen molar-refractivity contribution in [3.63, 3.8) is 0 Å². The predicted octanol–water partition coefficient (Wildman–Crippen LogP) is 3.45. The molecule has 2 N–H and O–H groups in total. The molecule has 1 saturated carbocycles. The third-order valence-corrected chi connectivity index (χ3v) is 6.23. The Labute approximate surface area is 175 Å². The monoisotopic (exact) mass is 402 g/mol. The normalized spacial score (nSPS) is 23.2. The summed E-state index contributed by atoms with van der Waals surface area (Å²) in [7, 11) is 0. The molecule has 1 aliphatic carbocycles. The van der Waals surface area contributed by atoms with Crippen molar-refractivity contribution < 1.29 is 9.18 Å². The molecule has 2 atom stereocenters. The van der Waals surface area contributed by atoms with Crippen molar-refractivity contribution in [2.24, 2.45) is 5.92 Å². The van der Waals surface area contributed by atoms with E-state index in [1.165, 1.54) is 12.1 Å². The maximum Gasteiger partial charge on any atom is 0.238 e. The second-order valence-corrected chi connectivity index (χ2v) is 8.15. The van der Waals surface area contributed by atoms with Crippen LogP contribution >= 0.6 is 0 Å². The van der Waals surface area contributed by atoms with Crippen molar-refractivity contribution in [1.29, 1.82) is 10.5 Å². The highest BCUT2D eigenvalue weighted by Crippen LogP contribution is 2.33. The summed E-state index contributed by atoms with van der Waals surface area (Å²) < 4.78 is 13.9. The largest absolute Gasteiger partial charge is 0.339 e. The van der Waals surface area contributed by atoms with Gasteiger partial charge in [-0.2, -0.15) is 10.5 Å². The van der Waals surface area contributed by atoms with E-state index in [1.807, 2.05) is 30.3 Å². The van der Waals surface area contributed by atoms with Crippen LogP contribution in [-0.2, 0) is 11.2 Å². The topological polar surface area (TPSA) is 88.7 Å². The van der Waals surface area contributed by atoms with Crippen molar-refractivity contribution in [3.8, 4) is 23.3 Å². The number of piperidine rings is 2. The van der Waals surface area contributed by atoms with Gasteiger partial charge in [0, 0.05) is 12.5 Å². The number of nitrogens with zero attached hydrogens (tertiary/aromatic N) is 2. The lowest BCUT2D eigenvalue weighted by Gasteiger charge is -2.42. The van der Waals surface area contributed by atoms with Gasteiger partial charge in [0.2, 0.25) is 5.91 Å². The van der Waals surface area contributed by atoms with Crippen LogP contribution in [0.4, 0.5) is 4.39 Å². The molecule has 30 heavy (non-hydrogen) atoms. The number of carbonyl (C=O) groups is 1. The van der Waals surface area contributed by atoms with Crippen molar-refractivity contribution in [1.82, 2.24) is 10.6 Å². The molecule has 2 aromatic carbocycles. The van der Waals surface area contributed by atoms with E-state index in [2.05, 4.69) is 16.7 Å². The van der Waals surface area contributed by atoms with Gasteiger partial charge in [-0.3, -0.25) is 4.79 Å². The molecule has 152 valence electrons. The summed E-state index contributed by atoms with van der Waals surface area (Å²) in [5.41, 5.74) is 2.44. The predicted molar refractivity (Wildman–Crippen MR) is 110 cm³/mol. The van der Waals surface area contributed by atoms with E-state index in [0.717, 1.165) is 36.8 Å². The van der Waals surface area contributed by atoms with Crippen LogP contribution in [0.3, 0.4) is 0 Å². The number of rotatable bonds is 5. The minimum absolute atomic E-state index is 0.0173. The Morgan fingerprint density at radius 3 is 2.37 bits per heavy atom. The number of fused-ring (bicyclic) bond motifs is 3. The summed E-state index contributed by atoms with van der Waals surface area (Å²) >= 11 is 0. The molecule has 5 nitrogen and oxygen atoms in total. The SMILES string of the molecule is N#Cc1ccc(-c2ccc(C[C@@H](C#N)NC(=O)C3NC4CCC3CC4)cc2)cc1F. The third-order valence-electron chi connectivity index (χ3n) is 6.23. The average molecular weight is 402 g/mol. The molecule has 2 saturated heterocycles. The Morgan fingerprint density at radius 2 is 1.80 bits per heavy atom. The lowest BCUT2D eigenvalue weighted by atomic mass is 9.76. The van der Waals surface area contributed by atoms with Gasteiger partial charge >= 0.3 is 0 Å². The molecule has 3 aliphatic rings. The highest BCUT2D eigenvalue weighted by molar-refractivity contribution is 5.83. The molecule has 3 fully saturated rings. The highest BCUT2D eigenvalue weighted by Gasteiger charge is 2.39. The zero-order valence-corrected chi connectivity index (χ0v) is 16.6. The van der Waals surface area contributed by atoms with Crippen LogP contribution in [0.15, 0.2) is 42.5 Å². The van der Waals surface area contributed by atoms with Gasteiger partial charge in [-0.1, -0.05) is 30.3 Å². The molecule has 0 aromatic heterocycles. The average Bonchev–Trinajstić information content (AvgIpc) is 2.79. The van der Waals surface area contributed by atoms with E-state index in [0.29, 0.717) is 23.9 Å². The van der Waals surface area contributed by atoms with Crippen LogP contribution in [-0.4, -0.2) is 24.0 Å². The first-order valence-corrected chi connectivity index (χ1v) is 10.3. The molecular formula is C24H23FN4O. The number of halogens is 1. The fourth-order valence-corrected chi connectivity index (χ4v) is 4.54. The van der Waals surface area contributed by atoms with Crippen molar-refractivity contribution in [3.05, 3.63) is 59.4 Å². The number of hydrogen-bond donors (Lipinski definition) is 2. The zero-order chi connectivity index (χ0) is 21.1. The second-order valence-electron chi connectivity index (χ2n) is 8.15. The van der Waals surface area contributed by atoms with Crippen LogP contribution < -0.4 is 10.6 Å². The standard InChI is InChI=1S/C24H23FN4O/c25-22-12-18(5-6-19(22)13-26)16-3-1-15(2-4-16)11-21(14-27)29-24(30)23-17-7-9-20(28-23)10-8-17/h1-6,12,17,20-21,23,28H,7-11H2,(H,29,30)/t17?,20?,21-,23?/m0/s1. The van der Waals surface area contributed by atoms with Crippen molar-refractivity contribution in [2.45, 2.75) is 50.2 Å². The highest BCUT2D eigenvalue weighted by atomic mass is 19.1. The van der Waals surface area contributed by atoms with Crippen LogP contribution in [0.2, 0.25) is 0 Å². The van der Waals surface area contributed by atoms with E-state index in [1.54, 1.807) is 6.07 Å². The molecular weight excluding hydrogens is 379 g/mol. The molecule has 5 rings (SSSR count). The molecule has 0 radical (unpaired) electrons. The lowest BCUT2D eigenvalue weighted by Crippen LogP contribution is -2.59. The zero-order valence-electron chi connectivity index (χ0n) is 16.6. The lowest BCUT2D eigenvalue weighted by molar-refractivity contribution is -0.127. The Morgan fingerprint density at radius 1 is 1.10 bits per heavy atom. The van der Waals surface area contributed by atoms with Gasteiger partial charge in [0.05, 0.1) is 17.7 Å². The minimum Gasteiger partial charge on any atom is -0.339 e. The van der Waals surface area contributed by atoms with E-state index in [4.69, 9.17) is 5.26 Å². The smallest absolute Gasteiger partial charge is 0.238 e. The Balaban J connectivity index is 1.39. The molecule has 1 amide bonds. The van der Waals surface area contributed by atoms with Gasteiger partial charge in [-0.15, -0.1) is 0 Å². The van der Waals surface area contributed by atoms with E-state index in [-0.39, 0.29) is 17.5 Å². The van der Waals surface area contributed by atoms with Crippen LogP contribution in [0, 0.1) is 34.4 Å². The van der Waals surface area contributed by atoms with Gasteiger partial charge in [0.25, 0.3) is 0 Å². The first-order valence-electron chi connectivity index (χ1n) is 10.3. The molecule has 2 aliphatic heterocycles. The molecule has 2 bridgehead atoms. The van der Waals surface area contributed by atoms with E-state index < -0.39 is 11.9 Å². The Kier molecular flexibility index (Phi) is 5.79. The van der Waals surface area contributed by atoms with Gasteiger partial charge in [0.1, 0.15) is 17.9 Å². The summed E-state index contributed by atoms with van der Waals surface area (Å²) in [5.74, 6) is -0.265. The molecule has 2 heterocycles. The Hall–Kier alpha value is -3.22. The quantitative estimate of drug-likeness (QED) is 0.802. The van der Waals surface area contributed by atoms with Gasteiger partial charge in [-0.05, 0) is 60.4 Å². The molecule has 0 spiro atoms. The number of nitrogens with one attached hydrogen (secondary N) is 2. The van der Waals surface area contributed by atoms with Crippen molar-refractivity contribution >= 4 is 5.91 Å².